The lowest BCUT2D eigenvalue weighted by Gasteiger charge is -2.26. The first-order chi connectivity index (χ1) is 10.2. The third kappa shape index (κ3) is 2.70. The Labute approximate surface area is 120 Å². The summed E-state index contributed by atoms with van der Waals surface area (Å²) in [6.07, 6.45) is 1.58. The van der Waals surface area contributed by atoms with Crippen LogP contribution < -0.4 is 15.4 Å². The van der Waals surface area contributed by atoms with Crippen molar-refractivity contribution in [1.82, 2.24) is 20.3 Å². The minimum atomic E-state index is -0.542. The zero-order valence-corrected chi connectivity index (χ0v) is 11.3. The van der Waals surface area contributed by atoms with Crippen molar-refractivity contribution < 1.29 is 13.9 Å². The molecule has 0 bridgehead atoms. The van der Waals surface area contributed by atoms with Gasteiger partial charge in [-0.15, -0.1) is 5.10 Å². The Morgan fingerprint density at radius 2 is 2.33 bits per heavy atom. The maximum absolute atomic E-state index is 13.6. The van der Waals surface area contributed by atoms with E-state index in [1.807, 2.05) is 0 Å². The fraction of sp³-hybridized carbons (Fsp3) is 0.308. The van der Waals surface area contributed by atoms with Gasteiger partial charge in [0.05, 0.1) is 19.3 Å². The smallest absolute Gasteiger partial charge is 0.277 e. The van der Waals surface area contributed by atoms with Crippen LogP contribution in [0.1, 0.15) is 16.5 Å². The number of nitrogens with one attached hydrogen (secondary N) is 2. The van der Waals surface area contributed by atoms with Crippen LogP contribution in [0, 0.1) is 5.82 Å². The van der Waals surface area contributed by atoms with E-state index in [9.17, 15) is 9.18 Å². The first-order valence-electron chi connectivity index (χ1n) is 6.45. The summed E-state index contributed by atoms with van der Waals surface area (Å²) in [7, 11) is 1.38. The monoisotopic (exact) mass is 291 g/mol. The molecule has 3 rings (SSSR count). The van der Waals surface area contributed by atoms with Gasteiger partial charge in [-0.05, 0) is 12.1 Å². The summed E-state index contributed by atoms with van der Waals surface area (Å²) in [4.78, 5) is 12.0. The molecule has 0 saturated carbocycles. The van der Waals surface area contributed by atoms with Crippen molar-refractivity contribution in [3.63, 3.8) is 0 Å². The molecule has 110 valence electrons. The van der Waals surface area contributed by atoms with Gasteiger partial charge < -0.3 is 15.4 Å². The number of rotatable bonds is 4. The summed E-state index contributed by atoms with van der Waals surface area (Å²) < 4.78 is 20.0. The SMILES string of the molecule is COc1ccc(NC(=O)c2cn(C3CNC3)nn2)cc1F. The van der Waals surface area contributed by atoms with Gasteiger partial charge in [0.2, 0.25) is 0 Å². The number of hydrogen-bond acceptors (Lipinski definition) is 5. The van der Waals surface area contributed by atoms with Crippen LogP contribution in [0.25, 0.3) is 0 Å². The molecule has 2 aromatic rings. The van der Waals surface area contributed by atoms with Gasteiger partial charge in [0, 0.05) is 24.8 Å². The molecular weight excluding hydrogens is 277 g/mol. The first kappa shape index (κ1) is 13.5. The van der Waals surface area contributed by atoms with Gasteiger partial charge in [0.25, 0.3) is 5.91 Å². The Morgan fingerprint density at radius 3 is 2.95 bits per heavy atom. The van der Waals surface area contributed by atoms with Crippen molar-refractivity contribution in [3.8, 4) is 5.75 Å². The average molecular weight is 291 g/mol. The van der Waals surface area contributed by atoms with E-state index in [0.717, 1.165) is 13.1 Å². The number of hydrogen-bond donors (Lipinski definition) is 2. The van der Waals surface area contributed by atoms with E-state index in [4.69, 9.17) is 4.74 Å². The predicted molar refractivity (Wildman–Crippen MR) is 72.8 cm³/mol. The highest BCUT2D eigenvalue weighted by Crippen LogP contribution is 2.21. The van der Waals surface area contributed by atoms with E-state index in [1.165, 1.54) is 19.2 Å². The lowest BCUT2D eigenvalue weighted by molar-refractivity contribution is 0.102. The fourth-order valence-corrected chi connectivity index (χ4v) is 1.96. The molecule has 0 radical (unpaired) electrons. The molecule has 1 fully saturated rings. The molecule has 0 spiro atoms. The average Bonchev–Trinajstić information content (AvgIpc) is 2.86. The number of carbonyl (C=O) groups excluding carboxylic acids is 1. The topological polar surface area (TPSA) is 81.1 Å². The van der Waals surface area contributed by atoms with Crippen LogP contribution in [-0.4, -0.2) is 41.1 Å². The second-order valence-corrected chi connectivity index (χ2v) is 4.70. The predicted octanol–water partition coefficient (Wildman–Crippen LogP) is 0.822. The van der Waals surface area contributed by atoms with Gasteiger partial charge in [0.1, 0.15) is 0 Å². The van der Waals surface area contributed by atoms with Gasteiger partial charge in [-0.2, -0.15) is 0 Å². The number of halogens is 1. The molecule has 2 heterocycles. The van der Waals surface area contributed by atoms with Crippen LogP contribution in [0.2, 0.25) is 0 Å². The molecular formula is C13H14FN5O2. The molecule has 0 atom stereocenters. The minimum absolute atomic E-state index is 0.122. The number of methoxy groups -OCH3 is 1. The number of amides is 1. The van der Waals surface area contributed by atoms with Crippen molar-refractivity contribution >= 4 is 11.6 Å². The Kier molecular flexibility index (Phi) is 3.53. The standard InChI is InChI=1S/C13H14FN5O2/c1-21-12-3-2-8(4-10(12)14)16-13(20)11-7-19(18-17-11)9-5-15-6-9/h2-4,7,9,15H,5-6H2,1H3,(H,16,20). The molecule has 2 N–H and O–H groups in total. The van der Waals surface area contributed by atoms with Gasteiger partial charge in [-0.25, -0.2) is 9.07 Å². The Hall–Kier alpha value is -2.48. The highest BCUT2D eigenvalue weighted by Gasteiger charge is 2.21. The number of benzene rings is 1. The van der Waals surface area contributed by atoms with Gasteiger partial charge in [-0.3, -0.25) is 4.79 Å². The summed E-state index contributed by atoms with van der Waals surface area (Å²) in [6, 6.07) is 4.43. The van der Waals surface area contributed by atoms with E-state index >= 15 is 0 Å². The molecule has 0 unspecified atom stereocenters. The van der Waals surface area contributed by atoms with Gasteiger partial charge in [0.15, 0.2) is 17.3 Å². The summed E-state index contributed by atoms with van der Waals surface area (Å²) in [5, 5.41) is 13.4. The van der Waals surface area contributed by atoms with E-state index in [2.05, 4.69) is 20.9 Å². The Bertz CT molecular complexity index is 668. The lowest BCUT2D eigenvalue weighted by atomic mass is 10.2. The van der Waals surface area contributed by atoms with E-state index in [0.29, 0.717) is 5.69 Å². The summed E-state index contributed by atoms with van der Waals surface area (Å²) in [6.45, 7) is 1.63. The third-order valence-corrected chi connectivity index (χ3v) is 3.29. The van der Waals surface area contributed by atoms with Crippen LogP contribution in [0.4, 0.5) is 10.1 Å². The first-order valence-corrected chi connectivity index (χ1v) is 6.45. The maximum Gasteiger partial charge on any atom is 0.277 e. The number of anilines is 1. The minimum Gasteiger partial charge on any atom is -0.494 e. The number of aromatic nitrogens is 3. The maximum atomic E-state index is 13.6. The quantitative estimate of drug-likeness (QED) is 0.871. The molecule has 8 heteroatoms. The zero-order chi connectivity index (χ0) is 14.8. The van der Waals surface area contributed by atoms with Crippen LogP contribution in [-0.2, 0) is 0 Å². The third-order valence-electron chi connectivity index (χ3n) is 3.29. The van der Waals surface area contributed by atoms with E-state index in [-0.39, 0.29) is 17.5 Å². The number of nitrogens with zero attached hydrogens (tertiary/aromatic N) is 3. The summed E-state index contributed by atoms with van der Waals surface area (Å²) in [5.41, 5.74) is 0.524. The van der Waals surface area contributed by atoms with E-state index in [1.54, 1.807) is 16.9 Å². The second-order valence-electron chi connectivity index (χ2n) is 4.70. The second kappa shape index (κ2) is 5.49. The molecule has 1 aliphatic rings. The molecule has 1 aromatic carbocycles. The van der Waals surface area contributed by atoms with E-state index < -0.39 is 11.7 Å². The summed E-state index contributed by atoms with van der Waals surface area (Å²) in [5.74, 6) is -0.853. The normalized spacial score (nSPS) is 14.6. The Balaban J connectivity index is 1.70. The van der Waals surface area contributed by atoms with Crippen molar-refractivity contribution in [2.75, 3.05) is 25.5 Å². The molecule has 21 heavy (non-hydrogen) atoms. The van der Waals surface area contributed by atoms with Crippen LogP contribution in [0.3, 0.4) is 0 Å². The van der Waals surface area contributed by atoms with Crippen molar-refractivity contribution in [3.05, 3.63) is 35.9 Å². The van der Waals surface area contributed by atoms with Crippen LogP contribution in [0.5, 0.6) is 5.75 Å². The molecule has 1 aliphatic heterocycles. The summed E-state index contributed by atoms with van der Waals surface area (Å²) >= 11 is 0. The fourth-order valence-electron chi connectivity index (χ4n) is 1.96. The van der Waals surface area contributed by atoms with Crippen LogP contribution in [0.15, 0.2) is 24.4 Å². The highest BCUT2D eigenvalue weighted by molar-refractivity contribution is 6.02. The molecule has 1 saturated heterocycles. The van der Waals surface area contributed by atoms with Gasteiger partial charge in [-0.1, -0.05) is 5.21 Å². The lowest BCUT2D eigenvalue weighted by Crippen LogP contribution is -2.43. The molecule has 1 amide bonds. The molecule has 7 nitrogen and oxygen atoms in total. The van der Waals surface area contributed by atoms with Crippen LogP contribution >= 0.6 is 0 Å². The largest absolute Gasteiger partial charge is 0.494 e. The van der Waals surface area contributed by atoms with Crippen molar-refractivity contribution in [2.24, 2.45) is 0 Å². The number of ether oxygens (including phenoxy) is 1. The zero-order valence-electron chi connectivity index (χ0n) is 11.3. The number of carbonyl (C=O) groups is 1. The Morgan fingerprint density at radius 1 is 1.52 bits per heavy atom. The van der Waals surface area contributed by atoms with Gasteiger partial charge >= 0.3 is 0 Å². The highest BCUT2D eigenvalue weighted by atomic mass is 19.1. The van der Waals surface area contributed by atoms with Crippen molar-refractivity contribution in [1.29, 1.82) is 0 Å². The molecule has 0 aliphatic carbocycles. The molecule has 1 aromatic heterocycles. The van der Waals surface area contributed by atoms with Crippen molar-refractivity contribution in [2.45, 2.75) is 6.04 Å².